The number of hydrogen-bond acceptors (Lipinski definition) is 10. The largest absolute Gasteiger partial charge is 0.508 e. The first kappa shape index (κ1) is 28.9. The van der Waals surface area contributed by atoms with E-state index < -0.39 is 65.0 Å². The van der Waals surface area contributed by atoms with Crippen molar-refractivity contribution in [3.63, 3.8) is 0 Å². The van der Waals surface area contributed by atoms with Crippen molar-refractivity contribution in [3.8, 4) is 11.5 Å². The van der Waals surface area contributed by atoms with Gasteiger partial charge < -0.3 is 41.1 Å². The summed E-state index contributed by atoms with van der Waals surface area (Å²) in [6.07, 6.45) is -0.199. The number of aliphatic hydroxyl groups is 3. The standard InChI is InChI=1S/C29H29F2N3O8/c1-34(2)18-10-17(33-11-12-3-5-15(6-4-12)42-28(30)31)23(36)21-16(18)8-13-7-14-9-19(35)22(27(32)40)26(39)29(14,41)25(38)20(13)24(21)37/h3-6,10,13-14,28,33,36-37,39,41H,7-9,11H2,1-2H3,(H2,32,40). The van der Waals surface area contributed by atoms with Crippen molar-refractivity contribution >= 4 is 34.6 Å². The van der Waals surface area contributed by atoms with Crippen molar-refractivity contribution in [1.29, 1.82) is 0 Å². The van der Waals surface area contributed by atoms with E-state index in [1.807, 2.05) is 0 Å². The van der Waals surface area contributed by atoms with Crippen molar-refractivity contribution in [2.45, 2.75) is 38.0 Å². The third-order valence-electron chi connectivity index (χ3n) is 8.15. The topological polar surface area (TPSA) is 183 Å². The van der Waals surface area contributed by atoms with Crippen molar-refractivity contribution in [2.24, 2.45) is 17.6 Å². The highest BCUT2D eigenvalue weighted by Crippen LogP contribution is 2.54. The van der Waals surface area contributed by atoms with Crippen LogP contribution in [0.1, 0.15) is 29.5 Å². The molecule has 0 heterocycles. The van der Waals surface area contributed by atoms with E-state index in [1.165, 1.54) is 12.1 Å². The lowest BCUT2D eigenvalue weighted by Crippen LogP contribution is -2.58. The molecule has 11 nitrogen and oxygen atoms in total. The Bertz CT molecular complexity index is 1570. The zero-order chi connectivity index (χ0) is 30.7. The Morgan fingerprint density at radius 1 is 1.17 bits per heavy atom. The van der Waals surface area contributed by atoms with Gasteiger partial charge in [0, 0.05) is 44.2 Å². The molecule has 3 atom stereocenters. The summed E-state index contributed by atoms with van der Waals surface area (Å²) in [5.41, 5.74) is 3.45. The second-order valence-corrected chi connectivity index (χ2v) is 10.8. The number of phenolic OH excluding ortho intramolecular Hbond substituents is 1. The van der Waals surface area contributed by atoms with Gasteiger partial charge in [-0.25, -0.2) is 0 Å². The number of phenols is 1. The van der Waals surface area contributed by atoms with Crippen LogP contribution >= 0.6 is 0 Å². The number of hydrogen-bond donors (Lipinski definition) is 6. The fourth-order valence-electron chi connectivity index (χ4n) is 6.19. The van der Waals surface area contributed by atoms with Gasteiger partial charge in [0.05, 0.1) is 11.3 Å². The van der Waals surface area contributed by atoms with Gasteiger partial charge in [-0.3, -0.25) is 14.4 Å². The van der Waals surface area contributed by atoms with Crippen LogP contribution in [0.15, 0.2) is 47.2 Å². The van der Waals surface area contributed by atoms with E-state index in [2.05, 4.69) is 10.1 Å². The third kappa shape index (κ3) is 4.49. The Morgan fingerprint density at radius 2 is 1.83 bits per heavy atom. The fourth-order valence-corrected chi connectivity index (χ4v) is 6.19. The SMILES string of the molecule is CN(C)c1cc(NCc2ccc(OC(F)F)cc2)c(O)c2c1CC1CC3CC(=O)C(C(N)=O)=C(O)C3(O)C(=O)C1=C2O. The van der Waals surface area contributed by atoms with Crippen LogP contribution in [0.5, 0.6) is 11.5 Å². The predicted molar refractivity (Wildman–Crippen MR) is 146 cm³/mol. The Hall–Kier alpha value is -4.65. The van der Waals surface area contributed by atoms with E-state index in [0.717, 1.165) is 0 Å². The molecule has 3 unspecified atom stereocenters. The molecule has 2 aromatic rings. The number of nitrogens with one attached hydrogen (secondary N) is 1. The Kier molecular flexibility index (Phi) is 7.09. The van der Waals surface area contributed by atoms with Crippen LogP contribution in [0.4, 0.5) is 20.2 Å². The maximum absolute atomic E-state index is 13.8. The second kappa shape index (κ2) is 10.3. The number of anilines is 2. The van der Waals surface area contributed by atoms with Gasteiger partial charge >= 0.3 is 6.61 Å². The summed E-state index contributed by atoms with van der Waals surface area (Å²) in [6, 6.07) is 7.53. The lowest BCUT2D eigenvalue weighted by Gasteiger charge is -2.46. The molecular formula is C29H29F2N3O8. The number of ketones is 2. The van der Waals surface area contributed by atoms with Gasteiger partial charge in [0.15, 0.2) is 11.4 Å². The second-order valence-electron chi connectivity index (χ2n) is 10.8. The minimum Gasteiger partial charge on any atom is -0.508 e. The minimum absolute atomic E-state index is 0.0152. The van der Waals surface area contributed by atoms with E-state index in [-0.39, 0.29) is 47.7 Å². The Labute approximate surface area is 238 Å². The summed E-state index contributed by atoms with van der Waals surface area (Å²) in [5, 5.41) is 47.9. The number of primary amides is 1. The molecule has 0 aromatic heterocycles. The van der Waals surface area contributed by atoms with Gasteiger partial charge in [-0.15, -0.1) is 0 Å². The number of amides is 1. The average molecular weight is 586 g/mol. The molecular weight excluding hydrogens is 556 g/mol. The van der Waals surface area contributed by atoms with Crippen molar-refractivity contribution < 1.29 is 48.3 Å². The number of carbonyl (C=O) groups is 3. The zero-order valence-corrected chi connectivity index (χ0v) is 22.6. The first-order valence-corrected chi connectivity index (χ1v) is 13.1. The van der Waals surface area contributed by atoms with Gasteiger partial charge in [0.25, 0.3) is 5.91 Å². The average Bonchev–Trinajstić information content (AvgIpc) is 2.90. The normalized spacial score (nSPS) is 23.4. The molecule has 7 N–H and O–H groups in total. The fraction of sp³-hybridized carbons (Fsp3) is 0.345. The summed E-state index contributed by atoms with van der Waals surface area (Å²) in [7, 11) is 3.51. The number of fused-ring (bicyclic) bond motifs is 3. The molecule has 0 bridgehead atoms. The molecule has 13 heteroatoms. The summed E-state index contributed by atoms with van der Waals surface area (Å²) in [6.45, 7) is -2.81. The van der Waals surface area contributed by atoms with Gasteiger partial charge in [0.2, 0.25) is 5.78 Å². The summed E-state index contributed by atoms with van der Waals surface area (Å²) < 4.78 is 29.3. The maximum atomic E-state index is 13.8. The van der Waals surface area contributed by atoms with Gasteiger partial charge in [-0.2, -0.15) is 8.78 Å². The monoisotopic (exact) mass is 585 g/mol. The number of alkyl halides is 2. The number of nitrogens with zero attached hydrogens (tertiary/aromatic N) is 1. The number of nitrogens with two attached hydrogens (primary N) is 1. The van der Waals surface area contributed by atoms with Crippen LogP contribution in [0.25, 0.3) is 5.76 Å². The number of Topliss-reactive ketones (excluding diaryl/α,β-unsaturated/α-hetero) is 2. The van der Waals surface area contributed by atoms with Crippen LogP contribution in [0, 0.1) is 11.8 Å². The smallest absolute Gasteiger partial charge is 0.387 e. The number of ether oxygens (including phenoxy) is 1. The third-order valence-corrected chi connectivity index (χ3v) is 8.15. The number of benzene rings is 2. The van der Waals surface area contributed by atoms with E-state index in [0.29, 0.717) is 16.8 Å². The van der Waals surface area contributed by atoms with Crippen molar-refractivity contribution in [1.82, 2.24) is 0 Å². The molecule has 1 amide bonds. The summed E-state index contributed by atoms with van der Waals surface area (Å²) in [4.78, 5) is 39.9. The van der Waals surface area contributed by atoms with Crippen LogP contribution in [-0.4, -0.2) is 64.2 Å². The van der Waals surface area contributed by atoms with Gasteiger partial charge in [-0.1, -0.05) is 12.1 Å². The van der Waals surface area contributed by atoms with Crippen LogP contribution < -0.4 is 20.7 Å². The first-order valence-electron chi connectivity index (χ1n) is 13.1. The van der Waals surface area contributed by atoms with E-state index in [9.17, 15) is 43.6 Å². The molecule has 1 fully saturated rings. The quantitative estimate of drug-likeness (QED) is 0.209. The van der Waals surface area contributed by atoms with Gasteiger partial charge in [-0.05, 0) is 48.1 Å². The van der Waals surface area contributed by atoms with E-state index >= 15 is 0 Å². The molecule has 0 saturated heterocycles. The number of aliphatic hydroxyl groups excluding tert-OH is 2. The number of rotatable bonds is 7. The van der Waals surface area contributed by atoms with Gasteiger partial charge in [0.1, 0.15) is 28.6 Å². The molecule has 0 aliphatic heterocycles. The summed E-state index contributed by atoms with van der Waals surface area (Å²) in [5.74, 6) is -6.99. The molecule has 1 saturated carbocycles. The van der Waals surface area contributed by atoms with Crippen LogP contribution in [0.2, 0.25) is 0 Å². The van der Waals surface area contributed by atoms with E-state index in [1.54, 1.807) is 37.2 Å². The molecule has 0 radical (unpaired) electrons. The zero-order valence-electron chi connectivity index (χ0n) is 22.6. The molecule has 3 aliphatic carbocycles. The predicted octanol–water partition coefficient (Wildman–Crippen LogP) is 2.70. The lowest BCUT2D eigenvalue weighted by atomic mass is 9.59. The molecule has 2 aromatic carbocycles. The number of carbonyl (C=O) groups excluding carboxylic acids is 3. The van der Waals surface area contributed by atoms with Crippen LogP contribution in [0.3, 0.4) is 0 Å². The van der Waals surface area contributed by atoms with E-state index in [4.69, 9.17) is 5.73 Å². The maximum Gasteiger partial charge on any atom is 0.387 e. The minimum atomic E-state index is -2.96. The molecule has 0 spiro atoms. The summed E-state index contributed by atoms with van der Waals surface area (Å²) >= 11 is 0. The highest BCUT2D eigenvalue weighted by molar-refractivity contribution is 6.22. The lowest BCUT2D eigenvalue weighted by molar-refractivity contribution is -0.147. The van der Waals surface area contributed by atoms with Crippen molar-refractivity contribution in [2.75, 3.05) is 24.3 Å². The Morgan fingerprint density at radius 3 is 2.43 bits per heavy atom. The number of halogens is 2. The molecule has 3 aliphatic rings. The Balaban J connectivity index is 1.56. The van der Waals surface area contributed by atoms with Crippen LogP contribution in [-0.2, 0) is 27.3 Å². The number of aromatic hydroxyl groups is 1. The first-order chi connectivity index (χ1) is 19.7. The highest BCUT2D eigenvalue weighted by Gasteiger charge is 2.60. The highest BCUT2D eigenvalue weighted by atomic mass is 19.3. The van der Waals surface area contributed by atoms with Crippen molar-refractivity contribution in [3.05, 3.63) is 63.9 Å². The molecule has 5 rings (SSSR count). The molecule has 222 valence electrons. The molecule has 42 heavy (non-hydrogen) atoms.